The zero-order valence-electron chi connectivity index (χ0n) is 15.8. The normalized spacial score (nSPS) is 11.9. The summed E-state index contributed by atoms with van der Waals surface area (Å²) in [6.45, 7) is 1.93. The average Bonchev–Trinajstić information content (AvgIpc) is 2.73. The molecular weight excluding hydrogens is 366 g/mol. The fourth-order valence-corrected chi connectivity index (χ4v) is 3.44. The van der Waals surface area contributed by atoms with Gasteiger partial charge < -0.3 is 10.6 Å². The molecule has 4 rings (SSSR count). The molecule has 0 aliphatic heterocycles. The van der Waals surface area contributed by atoms with Crippen LogP contribution in [0.2, 0.25) is 0 Å². The molecule has 0 fully saturated rings. The molecule has 0 bridgehead atoms. The Kier molecular flexibility index (Phi) is 4.83. The molecule has 0 saturated carbocycles. The summed E-state index contributed by atoms with van der Waals surface area (Å²) >= 11 is 0. The van der Waals surface area contributed by atoms with Crippen LogP contribution in [0.3, 0.4) is 0 Å². The van der Waals surface area contributed by atoms with Gasteiger partial charge in [0.1, 0.15) is 0 Å². The number of carbonyl (C=O) groups excluding carboxylic acids is 1. The summed E-state index contributed by atoms with van der Waals surface area (Å²) in [5.74, 6) is 0. The minimum atomic E-state index is -0.397. The highest BCUT2D eigenvalue weighted by atomic mass is 16.6. The van der Waals surface area contributed by atoms with Crippen molar-refractivity contribution in [2.45, 2.75) is 13.0 Å². The quantitative estimate of drug-likeness (QED) is 0.265. The van der Waals surface area contributed by atoms with Gasteiger partial charge in [0, 0.05) is 17.8 Å². The molecule has 6 heteroatoms. The van der Waals surface area contributed by atoms with Crippen molar-refractivity contribution in [3.8, 4) is 0 Å². The molecule has 0 unspecified atom stereocenters. The van der Waals surface area contributed by atoms with Crippen molar-refractivity contribution in [2.75, 3.05) is 5.32 Å². The zero-order chi connectivity index (χ0) is 20.4. The highest BCUT2D eigenvalue weighted by molar-refractivity contribution is 6.09. The van der Waals surface area contributed by atoms with Crippen molar-refractivity contribution < 1.29 is 9.72 Å². The summed E-state index contributed by atoms with van der Waals surface area (Å²) in [5.41, 5.74) is 1.78. The van der Waals surface area contributed by atoms with Gasteiger partial charge in [-0.15, -0.1) is 0 Å². The molecule has 2 N–H and O–H groups in total. The standard InChI is InChI=1S/C23H19N3O3/c1-15(16-5-3-2-4-6-16)24-23(27)25-19-9-11-21-17(13-19)7-8-18-14-20(26(28)29)10-12-22(18)21/h2-15H,1H3,(H2,24,25,27)/t15-/m1/s1. The van der Waals surface area contributed by atoms with E-state index < -0.39 is 4.92 Å². The lowest BCUT2D eigenvalue weighted by Crippen LogP contribution is -2.31. The maximum atomic E-state index is 12.4. The highest BCUT2D eigenvalue weighted by Crippen LogP contribution is 2.30. The monoisotopic (exact) mass is 385 g/mol. The zero-order valence-corrected chi connectivity index (χ0v) is 15.8. The number of urea groups is 1. The number of fused-ring (bicyclic) bond motifs is 3. The molecule has 0 heterocycles. The van der Waals surface area contributed by atoms with E-state index in [0.29, 0.717) is 5.69 Å². The van der Waals surface area contributed by atoms with Crippen molar-refractivity contribution >= 4 is 39.0 Å². The largest absolute Gasteiger partial charge is 0.331 e. The minimum Gasteiger partial charge on any atom is -0.331 e. The van der Waals surface area contributed by atoms with Gasteiger partial charge in [-0.05, 0) is 52.2 Å². The Morgan fingerprint density at radius 2 is 1.55 bits per heavy atom. The van der Waals surface area contributed by atoms with E-state index in [0.717, 1.165) is 27.1 Å². The number of carbonyl (C=O) groups is 1. The molecule has 29 heavy (non-hydrogen) atoms. The smallest absolute Gasteiger partial charge is 0.319 e. The molecule has 0 aromatic heterocycles. The predicted molar refractivity (Wildman–Crippen MR) is 115 cm³/mol. The lowest BCUT2D eigenvalue weighted by molar-refractivity contribution is -0.384. The number of hydrogen-bond acceptors (Lipinski definition) is 3. The summed E-state index contributed by atoms with van der Waals surface area (Å²) in [6, 6.07) is 23.6. The minimum absolute atomic E-state index is 0.0688. The van der Waals surface area contributed by atoms with Gasteiger partial charge in [-0.3, -0.25) is 10.1 Å². The van der Waals surface area contributed by atoms with E-state index >= 15 is 0 Å². The Morgan fingerprint density at radius 1 is 0.897 bits per heavy atom. The molecular formula is C23H19N3O3. The fraction of sp³-hybridized carbons (Fsp3) is 0.0870. The predicted octanol–water partition coefficient (Wildman–Crippen LogP) is 5.78. The summed E-state index contributed by atoms with van der Waals surface area (Å²) in [4.78, 5) is 22.9. The van der Waals surface area contributed by atoms with Gasteiger partial charge in [0.2, 0.25) is 0 Å². The van der Waals surface area contributed by atoms with E-state index in [4.69, 9.17) is 0 Å². The third kappa shape index (κ3) is 3.87. The van der Waals surface area contributed by atoms with Gasteiger partial charge >= 0.3 is 6.03 Å². The maximum Gasteiger partial charge on any atom is 0.319 e. The second-order valence-corrected chi connectivity index (χ2v) is 6.89. The Hall–Kier alpha value is -3.93. The number of nitro benzene ring substituents is 1. The van der Waals surface area contributed by atoms with Crippen LogP contribution in [-0.4, -0.2) is 11.0 Å². The Bertz CT molecular complexity index is 1220. The fourth-order valence-electron chi connectivity index (χ4n) is 3.44. The summed E-state index contributed by atoms with van der Waals surface area (Å²) in [5, 5.41) is 20.4. The van der Waals surface area contributed by atoms with Crippen LogP contribution in [0.25, 0.3) is 21.5 Å². The molecule has 144 valence electrons. The Morgan fingerprint density at radius 3 is 2.24 bits per heavy atom. The summed E-state index contributed by atoms with van der Waals surface area (Å²) < 4.78 is 0. The molecule has 0 aliphatic carbocycles. The van der Waals surface area contributed by atoms with Crippen LogP contribution >= 0.6 is 0 Å². The van der Waals surface area contributed by atoms with Crippen LogP contribution in [0, 0.1) is 10.1 Å². The topological polar surface area (TPSA) is 84.3 Å². The van der Waals surface area contributed by atoms with E-state index in [-0.39, 0.29) is 17.8 Å². The Balaban J connectivity index is 1.55. The van der Waals surface area contributed by atoms with Gasteiger partial charge in [-0.1, -0.05) is 48.5 Å². The van der Waals surface area contributed by atoms with E-state index in [1.165, 1.54) is 6.07 Å². The number of amides is 2. The first kappa shape index (κ1) is 18.4. The van der Waals surface area contributed by atoms with Crippen LogP contribution in [0.5, 0.6) is 0 Å². The van der Waals surface area contributed by atoms with Crippen molar-refractivity contribution in [3.05, 3.63) is 94.5 Å². The van der Waals surface area contributed by atoms with Crippen LogP contribution < -0.4 is 10.6 Å². The van der Waals surface area contributed by atoms with Gasteiger partial charge in [-0.25, -0.2) is 4.79 Å². The van der Waals surface area contributed by atoms with Crippen LogP contribution in [0.4, 0.5) is 16.2 Å². The third-order valence-corrected chi connectivity index (χ3v) is 4.94. The molecule has 0 aliphatic rings. The highest BCUT2D eigenvalue weighted by Gasteiger charge is 2.11. The number of anilines is 1. The molecule has 0 radical (unpaired) electrons. The number of hydrogen-bond donors (Lipinski definition) is 2. The maximum absolute atomic E-state index is 12.4. The molecule has 1 atom stereocenters. The number of non-ortho nitro benzene ring substituents is 1. The van der Waals surface area contributed by atoms with Gasteiger partial charge in [0.25, 0.3) is 5.69 Å². The van der Waals surface area contributed by atoms with Crippen LogP contribution in [-0.2, 0) is 0 Å². The number of benzene rings is 4. The van der Waals surface area contributed by atoms with E-state index in [1.54, 1.807) is 12.1 Å². The van der Waals surface area contributed by atoms with Crippen molar-refractivity contribution in [3.63, 3.8) is 0 Å². The number of nitro groups is 1. The van der Waals surface area contributed by atoms with Crippen molar-refractivity contribution in [2.24, 2.45) is 0 Å². The summed E-state index contributed by atoms with van der Waals surface area (Å²) in [7, 11) is 0. The molecule has 2 amide bonds. The van der Waals surface area contributed by atoms with Crippen LogP contribution in [0.15, 0.2) is 78.9 Å². The first-order valence-electron chi connectivity index (χ1n) is 9.25. The summed E-state index contributed by atoms with van der Waals surface area (Å²) in [6.07, 6.45) is 0. The van der Waals surface area contributed by atoms with Crippen LogP contribution in [0.1, 0.15) is 18.5 Å². The van der Waals surface area contributed by atoms with Gasteiger partial charge in [0.15, 0.2) is 0 Å². The van der Waals surface area contributed by atoms with E-state index in [1.807, 2.05) is 67.6 Å². The number of rotatable bonds is 4. The third-order valence-electron chi connectivity index (χ3n) is 4.94. The van der Waals surface area contributed by atoms with E-state index in [2.05, 4.69) is 10.6 Å². The molecule has 0 saturated heterocycles. The van der Waals surface area contributed by atoms with Gasteiger partial charge in [-0.2, -0.15) is 0 Å². The molecule has 4 aromatic carbocycles. The first-order chi connectivity index (χ1) is 14.0. The Labute approximate surface area is 167 Å². The molecule has 0 spiro atoms. The molecule has 4 aromatic rings. The lowest BCUT2D eigenvalue weighted by atomic mass is 10.0. The SMILES string of the molecule is C[C@@H](NC(=O)Nc1ccc2c(ccc3cc([N+](=O)[O-])ccc32)c1)c1ccccc1. The van der Waals surface area contributed by atoms with Crippen molar-refractivity contribution in [1.82, 2.24) is 5.32 Å². The molecule has 6 nitrogen and oxygen atoms in total. The second-order valence-electron chi connectivity index (χ2n) is 6.89. The lowest BCUT2D eigenvalue weighted by Gasteiger charge is -2.15. The first-order valence-corrected chi connectivity index (χ1v) is 9.25. The second kappa shape index (κ2) is 7.59. The average molecular weight is 385 g/mol. The number of nitrogens with one attached hydrogen (secondary N) is 2. The van der Waals surface area contributed by atoms with Crippen molar-refractivity contribution in [1.29, 1.82) is 0 Å². The number of nitrogens with zero attached hydrogens (tertiary/aromatic N) is 1. The van der Waals surface area contributed by atoms with Gasteiger partial charge in [0.05, 0.1) is 11.0 Å². The van der Waals surface area contributed by atoms with E-state index in [9.17, 15) is 14.9 Å².